The summed E-state index contributed by atoms with van der Waals surface area (Å²) in [6.45, 7) is 1.96. The van der Waals surface area contributed by atoms with Crippen LogP contribution in [0.25, 0.3) is 11.2 Å². The number of hydrogen-bond donors (Lipinski definition) is 0. The summed E-state index contributed by atoms with van der Waals surface area (Å²) in [5.41, 5.74) is 2.47. The molecule has 2 aromatic heterocycles. The van der Waals surface area contributed by atoms with Crippen LogP contribution in [-0.4, -0.2) is 27.3 Å². The van der Waals surface area contributed by atoms with Crippen molar-refractivity contribution >= 4 is 19.0 Å². The van der Waals surface area contributed by atoms with Crippen LogP contribution in [0.2, 0.25) is 0 Å². The van der Waals surface area contributed by atoms with Crippen LogP contribution in [0.4, 0.5) is 25.2 Å². The van der Waals surface area contributed by atoms with Gasteiger partial charge in [-0.25, -0.2) is 4.98 Å². The zero-order chi connectivity index (χ0) is 15.0. The molecule has 0 N–H and O–H groups in total. The topological polar surface area (TPSA) is 52.8 Å². The average molecular weight is 309 g/mol. The van der Waals surface area contributed by atoms with E-state index >= 15 is 0 Å². The molecule has 0 saturated carbocycles. The Morgan fingerprint density at radius 3 is 2.16 bits per heavy atom. The zero-order valence-corrected chi connectivity index (χ0v) is 10.5. The molecule has 12 heteroatoms. The summed E-state index contributed by atoms with van der Waals surface area (Å²) < 4.78 is 59.2. The van der Waals surface area contributed by atoms with Crippen molar-refractivity contribution in [3.8, 4) is 0 Å². The summed E-state index contributed by atoms with van der Waals surface area (Å²) in [6, 6.07) is 1.89. The first-order valence-electron chi connectivity index (χ1n) is 4.56. The molecule has 2 rings (SSSR count). The minimum absolute atomic E-state index is 0.650. The van der Waals surface area contributed by atoms with E-state index in [0.29, 0.717) is 5.65 Å². The van der Waals surface area contributed by atoms with Crippen molar-refractivity contribution in [2.24, 2.45) is 0 Å². The Morgan fingerprint density at radius 1 is 1.16 bits per heavy atom. The van der Waals surface area contributed by atoms with Gasteiger partial charge in [0.1, 0.15) is 12.6 Å². The molecule has 0 unspecified atom stereocenters. The van der Waals surface area contributed by atoms with E-state index in [1.54, 1.807) is 6.20 Å². The second-order valence-electron chi connectivity index (χ2n) is 3.40. The third-order valence-corrected chi connectivity index (χ3v) is 1.69. The van der Waals surface area contributed by atoms with Gasteiger partial charge in [-0.15, -0.1) is 5.10 Å². The van der Waals surface area contributed by atoms with Gasteiger partial charge in [-0.1, -0.05) is 4.85 Å². The Balaban J connectivity index is 0.000000224. The van der Waals surface area contributed by atoms with Gasteiger partial charge in [0.25, 0.3) is 0 Å². The number of rotatable bonds is 1. The van der Waals surface area contributed by atoms with Crippen LogP contribution in [0.1, 0.15) is 5.56 Å². The Labute approximate surface area is 102 Å². The number of aryl methyl sites for hydroxylation is 1. The molecule has 0 aromatic carbocycles. The first kappa shape index (κ1) is 15.4. The zero-order valence-electron chi connectivity index (χ0n) is 9.57. The molecule has 0 saturated heterocycles. The van der Waals surface area contributed by atoms with E-state index in [4.69, 9.17) is 4.84 Å². The van der Waals surface area contributed by atoms with Crippen LogP contribution < -0.4 is 4.84 Å². The van der Waals surface area contributed by atoms with Gasteiger partial charge in [0.15, 0.2) is 0 Å². The molecule has 2 aromatic rings. The number of nitrogens with zero attached hydrogens (tertiary/aromatic N) is 4. The summed E-state index contributed by atoms with van der Waals surface area (Å²) in [4.78, 5) is 10.3. The van der Waals surface area contributed by atoms with Gasteiger partial charge in [0.05, 0.1) is 0 Å². The molecule has 0 bridgehead atoms. The Bertz CT molecular complexity index is 582. The number of fused-ring (bicyclic) bond motifs is 1. The molecule has 0 spiro atoms. The van der Waals surface area contributed by atoms with Crippen molar-refractivity contribution in [1.82, 2.24) is 20.1 Å². The molecule has 0 radical (unpaired) electrons. The third-order valence-electron chi connectivity index (χ3n) is 1.69. The molecule has 110 valence electrons. The normalized spacial score (nSPS) is 15.2. The monoisotopic (exact) mass is 309 g/mol. The van der Waals surface area contributed by atoms with E-state index in [1.807, 2.05) is 13.0 Å². The SMILES string of the molecule is COn1nnc2c(C)ccnc21.F[P-](F)(F)(F)(F)F. The van der Waals surface area contributed by atoms with E-state index in [1.165, 1.54) is 12.0 Å². The Kier molecular flexibility index (Phi) is 3.18. The fourth-order valence-corrected chi connectivity index (χ4v) is 1.05. The molecule has 5 nitrogen and oxygen atoms in total. The first-order valence-corrected chi connectivity index (χ1v) is 6.58. The Hall–Kier alpha value is -1.64. The predicted molar refractivity (Wildman–Crippen MR) is 56.1 cm³/mol. The summed E-state index contributed by atoms with van der Waals surface area (Å²) in [7, 11) is -9.13. The van der Waals surface area contributed by atoms with Crippen molar-refractivity contribution < 1.29 is 30.0 Å². The number of halogens is 6. The second kappa shape index (κ2) is 3.92. The fourth-order valence-electron chi connectivity index (χ4n) is 1.05. The Morgan fingerprint density at radius 2 is 1.68 bits per heavy atom. The number of pyridine rings is 1. The summed E-state index contributed by atoms with van der Waals surface area (Å²) in [5.74, 6) is 0. The number of hydrogen-bond acceptors (Lipinski definition) is 4. The van der Waals surface area contributed by atoms with Gasteiger partial charge >= 0.3 is 33.0 Å². The van der Waals surface area contributed by atoms with E-state index in [9.17, 15) is 25.2 Å². The van der Waals surface area contributed by atoms with Crippen LogP contribution in [0.3, 0.4) is 0 Å². The first-order chi connectivity index (χ1) is 8.28. The number of aromatic nitrogens is 4. The molecule has 0 amide bonds. The van der Waals surface area contributed by atoms with Gasteiger partial charge in [-0.3, -0.25) is 0 Å². The van der Waals surface area contributed by atoms with Crippen molar-refractivity contribution in [1.29, 1.82) is 0 Å². The quantitative estimate of drug-likeness (QED) is 0.597. The second-order valence-corrected chi connectivity index (χ2v) is 5.32. The van der Waals surface area contributed by atoms with Gasteiger partial charge in [0.2, 0.25) is 5.65 Å². The van der Waals surface area contributed by atoms with Gasteiger partial charge in [-0.2, -0.15) is 0 Å². The van der Waals surface area contributed by atoms with E-state index in [0.717, 1.165) is 11.1 Å². The standard InChI is InChI=1S/C7H8N4O.F6P/c1-5-3-4-8-7-6(5)9-10-11(7)12-2;1-7(2,3,4,5)6/h3-4H,1-2H3;/q;-1. The van der Waals surface area contributed by atoms with E-state index in [2.05, 4.69) is 15.3 Å². The van der Waals surface area contributed by atoms with Gasteiger partial charge < -0.3 is 4.84 Å². The summed E-state index contributed by atoms with van der Waals surface area (Å²) in [6.07, 6.45) is 1.70. The molecule has 0 atom stereocenters. The van der Waals surface area contributed by atoms with Crippen molar-refractivity contribution in [2.45, 2.75) is 6.92 Å². The van der Waals surface area contributed by atoms with Crippen molar-refractivity contribution in [2.75, 3.05) is 7.11 Å². The van der Waals surface area contributed by atoms with Crippen LogP contribution in [0, 0.1) is 6.92 Å². The fraction of sp³-hybridized carbons (Fsp3) is 0.286. The van der Waals surface area contributed by atoms with Crippen molar-refractivity contribution in [3.05, 3.63) is 17.8 Å². The molecular formula is C7H8F6N4OP-. The van der Waals surface area contributed by atoms with E-state index in [-0.39, 0.29) is 0 Å². The van der Waals surface area contributed by atoms with E-state index < -0.39 is 7.81 Å². The van der Waals surface area contributed by atoms with Crippen LogP contribution in [0.15, 0.2) is 12.3 Å². The molecule has 19 heavy (non-hydrogen) atoms. The summed E-state index contributed by atoms with van der Waals surface area (Å²) >= 11 is 0. The maximum absolute atomic E-state index is 10.7. The van der Waals surface area contributed by atoms with Crippen molar-refractivity contribution in [3.63, 3.8) is 0 Å². The maximum atomic E-state index is 9.87. The molecule has 0 aliphatic carbocycles. The minimum atomic E-state index is -10.7. The predicted octanol–water partition coefficient (Wildman–Crippen LogP) is 3.58. The van der Waals surface area contributed by atoms with Gasteiger partial charge in [0, 0.05) is 6.20 Å². The molecule has 0 aliphatic rings. The molecule has 0 fully saturated rings. The summed E-state index contributed by atoms with van der Waals surface area (Å²) in [5, 5.41) is 7.67. The molecular weight excluding hydrogens is 301 g/mol. The third kappa shape index (κ3) is 6.18. The average Bonchev–Trinajstić information content (AvgIpc) is 2.57. The van der Waals surface area contributed by atoms with Gasteiger partial charge in [-0.05, 0) is 23.8 Å². The van der Waals surface area contributed by atoms with Crippen LogP contribution in [0.5, 0.6) is 0 Å². The van der Waals surface area contributed by atoms with Crippen LogP contribution >= 0.6 is 7.81 Å². The molecule has 2 heterocycles. The van der Waals surface area contributed by atoms with Crippen LogP contribution in [-0.2, 0) is 0 Å². The molecule has 0 aliphatic heterocycles.